The summed E-state index contributed by atoms with van der Waals surface area (Å²) >= 11 is 0. The van der Waals surface area contributed by atoms with Crippen molar-refractivity contribution in [2.45, 2.75) is 70.5 Å². The number of ether oxygens (including phenoxy) is 1. The molecule has 0 N–H and O–H groups in total. The van der Waals surface area contributed by atoms with Gasteiger partial charge in [0, 0.05) is 5.92 Å². The molecule has 0 amide bonds. The SMILES string of the molecule is C=C(O[Si](C(C)C)(C(C)C)C(C)C)[C@@]1(C(=O)OC)C[C@@H]1c1ccccc1. The predicted molar refractivity (Wildman–Crippen MR) is 110 cm³/mol. The highest BCUT2D eigenvalue weighted by atomic mass is 28.4. The first-order chi connectivity index (χ1) is 12.1. The molecule has 0 aliphatic heterocycles. The molecule has 4 heteroatoms. The van der Waals surface area contributed by atoms with Gasteiger partial charge < -0.3 is 9.16 Å². The summed E-state index contributed by atoms with van der Waals surface area (Å²) in [5, 5.41) is 0. The van der Waals surface area contributed by atoms with Crippen LogP contribution < -0.4 is 0 Å². The minimum absolute atomic E-state index is 0.0850. The minimum Gasteiger partial charge on any atom is -0.545 e. The van der Waals surface area contributed by atoms with Gasteiger partial charge in [0.05, 0.1) is 12.9 Å². The number of hydrogen-bond acceptors (Lipinski definition) is 3. The summed E-state index contributed by atoms with van der Waals surface area (Å²) in [4.78, 5) is 12.8. The number of methoxy groups -OCH3 is 1. The maximum absolute atomic E-state index is 12.8. The number of carbonyl (C=O) groups excluding carboxylic acids is 1. The maximum atomic E-state index is 12.8. The van der Waals surface area contributed by atoms with Crippen LogP contribution in [0.15, 0.2) is 42.7 Å². The number of esters is 1. The Kier molecular flexibility index (Phi) is 6.06. The van der Waals surface area contributed by atoms with Crippen LogP contribution >= 0.6 is 0 Å². The van der Waals surface area contributed by atoms with Crippen molar-refractivity contribution in [3.63, 3.8) is 0 Å². The fraction of sp³-hybridized carbons (Fsp3) is 0.591. The molecular formula is C22H34O3Si. The van der Waals surface area contributed by atoms with Gasteiger partial charge in [-0.1, -0.05) is 78.5 Å². The molecule has 1 aliphatic rings. The minimum atomic E-state index is -2.16. The highest BCUT2D eigenvalue weighted by molar-refractivity contribution is 6.77. The third-order valence-electron chi connectivity index (χ3n) is 6.22. The van der Waals surface area contributed by atoms with Crippen molar-refractivity contribution < 1.29 is 14.0 Å². The number of benzene rings is 1. The molecule has 0 heterocycles. The molecule has 1 aliphatic carbocycles. The van der Waals surface area contributed by atoms with Gasteiger partial charge >= 0.3 is 5.97 Å². The first kappa shape index (κ1) is 20.8. The van der Waals surface area contributed by atoms with E-state index < -0.39 is 13.7 Å². The molecule has 0 radical (unpaired) electrons. The van der Waals surface area contributed by atoms with Gasteiger partial charge in [-0.15, -0.1) is 0 Å². The summed E-state index contributed by atoms with van der Waals surface area (Å²) in [7, 11) is -0.703. The van der Waals surface area contributed by atoms with Crippen LogP contribution in [0.25, 0.3) is 0 Å². The molecule has 3 nitrogen and oxygen atoms in total. The monoisotopic (exact) mass is 374 g/mol. The molecule has 2 rings (SSSR count). The van der Waals surface area contributed by atoms with Crippen LogP contribution in [-0.4, -0.2) is 21.4 Å². The number of carbonyl (C=O) groups is 1. The molecule has 0 spiro atoms. The molecule has 0 unspecified atom stereocenters. The average Bonchev–Trinajstić information content (AvgIpc) is 3.35. The van der Waals surface area contributed by atoms with E-state index >= 15 is 0 Å². The lowest BCUT2D eigenvalue weighted by Crippen LogP contribution is -2.48. The van der Waals surface area contributed by atoms with Gasteiger partial charge in [-0.3, -0.25) is 4.79 Å². The van der Waals surface area contributed by atoms with Crippen LogP contribution in [0.5, 0.6) is 0 Å². The molecule has 0 bridgehead atoms. The van der Waals surface area contributed by atoms with Crippen molar-refractivity contribution in [1.82, 2.24) is 0 Å². The fourth-order valence-corrected chi connectivity index (χ4v) is 10.2. The Bertz CT molecular complexity index is 629. The zero-order valence-electron chi connectivity index (χ0n) is 17.3. The number of rotatable bonds is 8. The quantitative estimate of drug-likeness (QED) is 0.316. The van der Waals surface area contributed by atoms with Crippen LogP contribution in [0.2, 0.25) is 16.6 Å². The Morgan fingerprint density at radius 1 is 1.08 bits per heavy atom. The van der Waals surface area contributed by atoms with Crippen molar-refractivity contribution >= 4 is 14.3 Å². The van der Waals surface area contributed by atoms with Crippen LogP contribution in [0, 0.1) is 5.41 Å². The van der Waals surface area contributed by atoms with Crippen LogP contribution in [0.4, 0.5) is 0 Å². The number of hydrogen-bond donors (Lipinski definition) is 0. The van der Waals surface area contributed by atoms with Crippen molar-refractivity contribution in [3.05, 3.63) is 48.2 Å². The van der Waals surface area contributed by atoms with Gasteiger partial charge in [0.2, 0.25) is 0 Å². The zero-order chi connectivity index (χ0) is 19.7. The van der Waals surface area contributed by atoms with E-state index in [1.807, 2.05) is 18.2 Å². The summed E-state index contributed by atoms with van der Waals surface area (Å²) in [6.07, 6.45) is 0.710. The molecule has 0 aromatic heterocycles. The van der Waals surface area contributed by atoms with E-state index in [9.17, 15) is 4.79 Å². The average molecular weight is 375 g/mol. The first-order valence-corrected chi connectivity index (χ1v) is 11.8. The van der Waals surface area contributed by atoms with Crippen molar-refractivity contribution in [2.75, 3.05) is 7.11 Å². The Hall–Kier alpha value is -1.55. The molecule has 2 atom stereocenters. The smallest absolute Gasteiger partial charge is 0.320 e. The van der Waals surface area contributed by atoms with E-state index in [-0.39, 0.29) is 11.9 Å². The molecule has 144 valence electrons. The molecular weight excluding hydrogens is 340 g/mol. The van der Waals surface area contributed by atoms with E-state index in [1.54, 1.807) is 0 Å². The van der Waals surface area contributed by atoms with E-state index in [0.717, 1.165) is 5.56 Å². The molecule has 1 saturated carbocycles. The Labute approximate surface area is 159 Å². The molecule has 0 saturated heterocycles. The van der Waals surface area contributed by atoms with E-state index in [0.29, 0.717) is 28.8 Å². The topological polar surface area (TPSA) is 35.5 Å². The third-order valence-corrected chi connectivity index (χ3v) is 12.2. The van der Waals surface area contributed by atoms with Crippen molar-refractivity contribution in [1.29, 1.82) is 0 Å². The molecule has 1 fully saturated rings. The second kappa shape index (κ2) is 7.59. The Morgan fingerprint density at radius 2 is 1.58 bits per heavy atom. The van der Waals surface area contributed by atoms with Crippen LogP contribution in [0.3, 0.4) is 0 Å². The third kappa shape index (κ3) is 3.24. The maximum Gasteiger partial charge on any atom is 0.320 e. The molecule has 26 heavy (non-hydrogen) atoms. The predicted octanol–water partition coefficient (Wildman–Crippen LogP) is 6.04. The van der Waals surface area contributed by atoms with Gasteiger partial charge in [-0.05, 0) is 28.6 Å². The van der Waals surface area contributed by atoms with Crippen molar-refractivity contribution in [2.24, 2.45) is 5.41 Å². The second-order valence-corrected chi connectivity index (χ2v) is 13.8. The van der Waals surface area contributed by atoms with Gasteiger partial charge in [-0.2, -0.15) is 0 Å². The van der Waals surface area contributed by atoms with Gasteiger partial charge in [0.15, 0.2) is 0 Å². The Morgan fingerprint density at radius 3 is 2.00 bits per heavy atom. The lowest BCUT2D eigenvalue weighted by Gasteiger charge is -2.43. The van der Waals surface area contributed by atoms with E-state index in [2.05, 4.69) is 60.3 Å². The van der Waals surface area contributed by atoms with Crippen molar-refractivity contribution in [3.8, 4) is 0 Å². The zero-order valence-corrected chi connectivity index (χ0v) is 18.3. The van der Waals surface area contributed by atoms with Crippen LogP contribution in [0.1, 0.15) is 59.4 Å². The molecule has 1 aromatic carbocycles. The van der Waals surface area contributed by atoms with E-state index in [1.165, 1.54) is 7.11 Å². The summed E-state index contributed by atoms with van der Waals surface area (Å²) < 4.78 is 11.9. The lowest BCUT2D eigenvalue weighted by molar-refractivity contribution is -0.146. The summed E-state index contributed by atoms with van der Waals surface area (Å²) in [6.45, 7) is 17.7. The summed E-state index contributed by atoms with van der Waals surface area (Å²) in [5.74, 6) is 0.471. The van der Waals surface area contributed by atoms with Gasteiger partial charge in [-0.25, -0.2) is 0 Å². The molecule has 1 aromatic rings. The second-order valence-electron chi connectivity index (χ2n) is 8.47. The highest BCUT2D eigenvalue weighted by Crippen LogP contribution is 2.65. The van der Waals surface area contributed by atoms with Gasteiger partial charge in [0.1, 0.15) is 5.41 Å². The fourth-order valence-electron chi connectivity index (χ4n) is 4.84. The van der Waals surface area contributed by atoms with Crippen LogP contribution in [-0.2, 0) is 14.0 Å². The first-order valence-electron chi connectivity index (χ1n) is 9.66. The summed E-state index contributed by atoms with van der Waals surface area (Å²) in [6, 6.07) is 10.1. The normalized spacial score (nSPS) is 22.6. The van der Waals surface area contributed by atoms with E-state index in [4.69, 9.17) is 9.16 Å². The summed E-state index contributed by atoms with van der Waals surface area (Å²) in [5.41, 5.74) is 1.70. The Balaban J connectivity index is 2.39. The van der Waals surface area contributed by atoms with Gasteiger partial charge in [0.25, 0.3) is 8.32 Å². The highest BCUT2D eigenvalue weighted by Gasteiger charge is 2.66. The standard InChI is InChI=1S/C22H34O3Si/c1-15(2)26(16(3)4,17(5)6)25-18(7)22(21(23)24-8)14-20(22)19-12-10-9-11-13-19/h9-13,15-17,20H,7,14H2,1-6,8H3/t20-,22+/m1/s1. The lowest BCUT2D eigenvalue weighted by atomic mass is 9.97. The largest absolute Gasteiger partial charge is 0.545 e.